The van der Waals surface area contributed by atoms with E-state index < -0.39 is 0 Å². The lowest BCUT2D eigenvalue weighted by Gasteiger charge is -2.22. The second-order valence-electron chi connectivity index (χ2n) is 4.76. The van der Waals surface area contributed by atoms with E-state index in [0.29, 0.717) is 6.04 Å². The number of nitrogens with two attached hydrogens (primary N) is 1. The van der Waals surface area contributed by atoms with Crippen LogP contribution in [0.4, 0.5) is 0 Å². The highest BCUT2D eigenvalue weighted by atomic mass is 35.5. The molecule has 1 unspecified atom stereocenters. The van der Waals surface area contributed by atoms with Crippen LogP contribution in [0.2, 0.25) is 0 Å². The van der Waals surface area contributed by atoms with Crippen molar-refractivity contribution in [3.8, 4) is 0 Å². The topological polar surface area (TPSA) is 42.4 Å². The molecule has 2 N–H and O–H groups in total. The molecule has 1 atom stereocenters. The Morgan fingerprint density at radius 3 is 3.00 bits per heavy atom. The molecule has 0 saturated carbocycles. The molecule has 4 heteroatoms. The Labute approximate surface area is 113 Å². The Balaban J connectivity index is 0.00000120. The molecule has 0 aliphatic carbocycles. The second kappa shape index (κ2) is 5.74. The van der Waals surface area contributed by atoms with E-state index in [1.54, 1.807) is 0 Å². The van der Waals surface area contributed by atoms with Gasteiger partial charge in [-0.25, -0.2) is 0 Å². The van der Waals surface area contributed by atoms with E-state index in [-0.39, 0.29) is 12.4 Å². The highest BCUT2D eigenvalue weighted by Crippen LogP contribution is 2.25. The van der Waals surface area contributed by atoms with Gasteiger partial charge in [0.25, 0.3) is 0 Å². The lowest BCUT2D eigenvalue weighted by molar-refractivity contribution is 0.250. The summed E-state index contributed by atoms with van der Waals surface area (Å²) in [6.07, 6.45) is 4.38. The minimum Gasteiger partial charge on any atom is -0.464 e. The summed E-state index contributed by atoms with van der Waals surface area (Å²) in [4.78, 5) is 2.47. The normalized spacial score (nSPS) is 20.2. The van der Waals surface area contributed by atoms with E-state index in [2.05, 4.69) is 17.0 Å². The molecule has 2 aromatic rings. The van der Waals surface area contributed by atoms with Crippen molar-refractivity contribution in [2.75, 3.05) is 13.1 Å². The third-order valence-electron chi connectivity index (χ3n) is 3.71. The molecular formula is C14H19ClN2O. The summed E-state index contributed by atoms with van der Waals surface area (Å²) in [6.45, 7) is 2.87. The van der Waals surface area contributed by atoms with Crippen LogP contribution >= 0.6 is 12.4 Å². The maximum atomic E-state index is 5.80. The molecule has 2 heterocycles. The van der Waals surface area contributed by atoms with Crippen molar-refractivity contribution < 1.29 is 4.42 Å². The number of para-hydroxylation sites is 1. The minimum absolute atomic E-state index is 0. The molecule has 18 heavy (non-hydrogen) atoms. The van der Waals surface area contributed by atoms with Crippen LogP contribution in [0.15, 0.2) is 34.9 Å². The number of fused-ring (bicyclic) bond motifs is 1. The van der Waals surface area contributed by atoms with Crippen LogP contribution in [0, 0.1) is 0 Å². The third kappa shape index (κ3) is 2.39. The van der Waals surface area contributed by atoms with Gasteiger partial charge in [-0.05, 0) is 25.5 Å². The van der Waals surface area contributed by atoms with Gasteiger partial charge in [0.1, 0.15) is 5.58 Å². The smallest absolute Gasteiger partial charge is 0.134 e. The Kier molecular flexibility index (Phi) is 4.27. The van der Waals surface area contributed by atoms with Crippen molar-refractivity contribution in [3.05, 3.63) is 36.1 Å². The number of furan rings is 1. The molecule has 1 saturated heterocycles. The summed E-state index contributed by atoms with van der Waals surface area (Å²) in [5.74, 6) is 0. The maximum Gasteiger partial charge on any atom is 0.134 e. The van der Waals surface area contributed by atoms with Crippen LogP contribution < -0.4 is 5.73 Å². The SMILES string of the molecule is Cl.NCC1CCCN1Cc1coc2ccccc12. The molecule has 0 spiro atoms. The van der Waals surface area contributed by atoms with Gasteiger partial charge in [0.2, 0.25) is 0 Å². The highest BCUT2D eigenvalue weighted by Gasteiger charge is 2.23. The fourth-order valence-corrected chi connectivity index (χ4v) is 2.74. The van der Waals surface area contributed by atoms with Crippen LogP contribution in [0.1, 0.15) is 18.4 Å². The lowest BCUT2D eigenvalue weighted by atomic mass is 10.1. The average Bonchev–Trinajstić information content (AvgIpc) is 2.97. The van der Waals surface area contributed by atoms with Gasteiger partial charge >= 0.3 is 0 Å². The minimum atomic E-state index is 0. The molecule has 98 valence electrons. The Bertz CT molecular complexity index is 511. The number of likely N-dealkylation sites (tertiary alicyclic amines) is 1. The molecule has 0 bridgehead atoms. The molecule has 0 amide bonds. The van der Waals surface area contributed by atoms with Crippen LogP contribution in [-0.4, -0.2) is 24.0 Å². The van der Waals surface area contributed by atoms with Crippen LogP contribution in [0.25, 0.3) is 11.0 Å². The summed E-state index contributed by atoms with van der Waals surface area (Å²) in [6, 6.07) is 8.76. The number of benzene rings is 1. The van der Waals surface area contributed by atoms with Crippen molar-refractivity contribution in [1.29, 1.82) is 0 Å². The molecule has 3 rings (SSSR count). The summed E-state index contributed by atoms with van der Waals surface area (Å²) in [7, 11) is 0. The number of hydrogen-bond acceptors (Lipinski definition) is 3. The van der Waals surface area contributed by atoms with Crippen molar-refractivity contribution in [2.45, 2.75) is 25.4 Å². The van der Waals surface area contributed by atoms with E-state index in [4.69, 9.17) is 10.2 Å². The van der Waals surface area contributed by atoms with Crippen molar-refractivity contribution in [1.82, 2.24) is 4.90 Å². The molecule has 1 aromatic heterocycles. The van der Waals surface area contributed by atoms with E-state index >= 15 is 0 Å². The Morgan fingerprint density at radius 1 is 1.33 bits per heavy atom. The van der Waals surface area contributed by atoms with Crippen LogP contribution in [-0.2, 0) is 6.54 Å². The molecule has 1 aromatic carbocycles. The van der Waals surface area contributed by atoms with Gasteiger partial charge in [0, 0.05) is 30.1 Å². The zero-order chi connectivity index (χ0) is 11.7. The van der Waals surface area contributed by atoms with Gasteiger partial charge in [0.15, 0.2) is 0 Å². The predicted molar refractivity (Wildman–Crippen MR) is 75.9 cm³/mol. The summed E-state index contributed by atoms with van der Waals surface area (Å²) >= 11 is 0. The van der Waals surface area contributed by atoms with Gasteiger partial charge in [-0.1, -0.05) is 18.2 Å². The lowest BCUT2D eigenvalue weighted by Crippen LogP contribution is -2.34. The van der Waals surface area contributed by atoms with E-state index in [9.17, 15) is 0 Å². The van der Waals surface area contributed by atoms with E-state index in [0.717, 1.165) is 25.2 Å². The standard InChI is InChI=1S/C14H18N2O.ClH/c15-8-12-4-3-7-16(12)9-11-10-17-14-6-2-1-5-13(11)14;/h1-2,5-6,10,12H,3-4,7-9,15H2;1H. The average molecular weight is 267 g/mol. The zero-order valence-electron chi connectivity index (χ0n) is 10.3. The number of nitrogens with zero attached hydrogens (tertiary/aromatic N) is 1. The first kappa shape index (κ1) is 13.4. The second-order valence-corrected chi connectivity index (χ2v) is 4.76. The first-order valence-corrected chi connectivity index (χ1v) is 6.27. The fraction of sp³-hybridized carbons (Fsp3) is 0.429. The molecule has 1 fully saturated rings. The van der Waals surface area contributed by atoms with Gasteiger partial charge in [-0.15, -0.1) is 12.4 Å². The molecular weight excluding hydrogens is 248 g/mol. The van der Waals surface area contributed by atoms with Crippen LogP contribution in [0.5, 0.6) is 0 Å². The van der Waals surface area contributed by atoms with Crippen LogP contribution in [0.3, 0.4) is 0 Å². The molecule has 3 nitrogen and oxygen atoms in total. The number of hydrogen-bond donors (Lipinski definition) is 1. The largest absolute Gasteiger partial charge is 0.464 e. The summed E-state index contributed by atoms with van der Waals surface area (Å²) in [5.41, 5.74) is 8.06. The van der Waals surface area contributed by atoms with Crippen molar-refractivity contribution in [2.24, 2.45) is 5.73 Å². The van der Waals surface area contributed by atoms with Gasteiger partial charge < -0.3 is 10.2 Å². The number of halogens is 1. The van der Waals surface area contributed by atoms with Gasteiger partial charge in [-0.3, -0.25) is 4.90 Å². The van der Waals surface area contributed by atoms with Crippen molar-refractivity contribution in [3.63, 3.8) is 0 Å². The van der Waals surface area contributed by atoms with Gasteiger partial charge in [-0.2, -0.15) is 0 Å². The highest BCUT2D eigenvalue weighted by molar-refractivity contribution is 5.85. The fourth-order valence-electron chi connectivity index (χ4n) is 2.74. The Hall–Kier alpha value is -1.03. The first-order valence-electron chi connectivity index (χ1n) is 6.27. The zero-order valence-corrected chi connectivity index (χ0v) is 11.2. The third-order valence-corrected chi connectivity index (χ3v) is 3.71. The maximum absolute atomic E-state index is 5.80. The van der Waals surface area contributed by atoms with E-state index in [1.807, 2.05) is 18.4 Å². The quantitative estimate of drug-likeness (QED) is 0.929. The first-order chi connectivity index (χ1) is 8.38. The van der Waals surface area contributed by atoms with Gasteiger partial charge in [0.05, 0.1) is 6.26 Å². The van der Waals surface area contributed by atoms with E-state index in [1.165, 1.54) is 23.8 Å². The van der Waals surface area contributed by atoms with Crippen molar-refractivity contribution >= 4 is 23.4 Å². The Morgan fingerprint density at radius 2 is 2.17 bits per heavy atom. The number of rotatable bonds is 3. The monoisotopic (exact) mass is 266 g/mol. The summed E-state index contributed by atoms with van der Waals surface area (Å²) in [5, 5.41) is 1.23. The molecule has 1 aliphatic rings. The summed E-state index contributed by atoms with van der Waals surface area (Å²) < 4.78 is 5.57. The predicted octanol–water partition coefficient (Wildman–Crippen LogP) is 2.78. The molecule has 1 aliphatic heterocycles. The molecule has 0 radical (unpaired) electrons.